The van der Waals surface area contributed by atoms with E-state index < -0.39 is 16.9 Å². The minimum atomic E-state index is -1.05. The Bertz CT molecular complexity index is 1120. The van der Waals surface area contributed by atoms with Crippen molar-refractivity contribution in [1.29, 1.82) is 0 Å². The van der Waals surface area contributed by atoms with Gasteiger partial charge in [-0.05, 0) is 30.5 Å². The number of carbonyl (C=O) groups is 1. The van der Waals surface area contributed by atoms with E-state index in [1.807, 2.05) is 37.3 Å². The fourth-order valence-electron chi connectivity index (χ4n) is 4.13. The third kappa shape index (κ3) is 6.38. The Balaban J connectivity index is 0.00000342. The summed E-state index contributed by atoms with van der Waals surface area (Å²) in [6.45, 7) is 1.88. The molecule has 1 saturated carbocycles. The molecule has 1 fully saturated rings. The highest BCUT2D eigenvalue weighted by atomic mass is 32.2. The predicted octanol–water partition coefficient (Wildman–Crippen LogP) is 4.65. The summed E-state index contributed by atoms with van der Waals surface area (Å²) in [5, 5.41) is 3.43. The molecule has 0 spiro atoms. The molecule has 35 heavy (non-hydrogen) atoms. The molecule has 2 aromatic carbocycles. The van der Waals surface area contributed by atoms with Crippen LogP contribution >= 0.6 is 11.3 Å². The van der Waals surface area contributed by atoms with Crippen molar-refractivity contribution in [2.75, 3.05) is 25.3 Å². The maximum atomic E-state index is 13.4. The molecular weight excluding hydrogens is 488 g/mol. The number of carbonyl (C=O) groups excluding carboxylic acids is 1. The average Bonchev–Trinajstić information content (AvgIpc) is 3.27. The SMILES string of the molecule is CCS(=O)c1ccc(C(OC2CCCCC2)C(=O)Nc2nc3cc(OC)c(OC)cc3s2)cc1.O. The van der Waals surface area contributed by atoms with Gasteiger partial charge in [-0.1, -0.05) is 49.7 Å². The number of benzene rings is 2. The molecule has 190 valence electrons. The van der Waals surface area contributed by atoms with E-state index in [1.54, 1.807) is 20.3 Å². The van der Waals surface area contributed by atoms with Crippen molar-refractivity contribution in [3.63, 3.8) is 0 Å². The first-order valence-corrected chi connectivity index (χ1v) is 13.6. The number of hydrogen-bond acceptors (Lipinski definition) is 7. The Morgan fingerprint density at radius 3 is 2.40 bits per heavy atom. The van der Waals surface area contributed by atoms with Crippen molar-refractivity contribution in [3.8, 4) is 11.5 Å². The van der Waals surface area contributed by atoms with Gasteiger partial charge in [-0.15, -0.1) is 0 Å². The highest BCUT2D eigenvalue weighted by Gasteiger charge is 2.27. The minimum absolute atomic E-state index is 0. The molecule has 1 aliphatic carbocycles. The number of ether oxygens (including phenoxy) is 3. The van der Waals surface area contributed by atoms with Crippen LogP contribution in [0.15, 0.2) is 41.3 Å². The normalized spacial score (nSPS) is 15.7. The van der Waals surface area contributed by atoms with Crippen molar-refractivity contribution < 1.29 is 28.7 Å². The molecule has 1 heterocycles. The van der Waals surface area contributed by atoms with E-state index in [0.29, 0.717) is 27.9 Å². The Labute approximate surface area is 211 Å². The lowest BCUT2D eigenvalue weighted by Crippen LogP contribution is -2.28. The first kappa shape index (κ1) is 27.1. The van der Waals surface area contributed by atoms with E-state index in [9.17, 15) is 9.00 Å². The molecule has 4 rings (SSSR count). The summed E-state index contributed by atoms with van der Waals surface area (Å²) >= 11 is 1.37. The third-order valence-corrected chi connectivity index (χ3v) is 8.21. The Morgan fingerprint density at radius 2 is 1.77 bits per heavy atom. The molecule has 0 radical (unpaired) electrons. The Morgan fingerprint density at radius 1 is 1.11 bits per heavy atom. The number of fused-ring (bicyclic) bond motifs is 1. The van der Waals surface area contributed by atoms with Crippen LogP contribution in [0, 0.1) is 0 Å². The van der Waals surface area contributed by atoms with Gasteiger partial charge in [0, 0.05) is 22.8 Å². The van der Waals surface area contributed by atoms with Crippen LogP contribution in [0.4, 0.5) is 5.13 Å². The number of rotatable bonds is 9. The van der Waals surface area contributed by atoms with Crippen LogP contribution in [0.1, 0.15) is 50.7 Å². The molecule has 2 unspecified atom stereocenters. The summed E-state index contributed by atoms with van der Waals surface area (Å²) in [6, 6.07) is 11.0. The van der Waals surface area contributed by atoms with Gasteiger partial charge in [-0.3, -0.25) is 14.3 Å². The minimum Gasteiger partial charge on any atom is -0.493 e. The van der Waals surface area contributed by atoms with Crippen molar-refractivity contribution in [1.82, 2.24) is 4.98 Å². The lowest BCUT2D eigenvalue weighted by atomic mass is 9.97. The topological polar surface area (TPSA) is 118 Å². The number of anilines is 1. The second kappa shape index (κ2) is 12.4. The lowest BCUT2D eigenvalue weighted by Gasteiger charge is -2.27. The summed E-state index contributed by atoms with van der Waals surface area (Å²) in [5.74, 6) is 1.48. The zero-order valence-electron chi connectivity index (χ0n) is 20.2. The van der Waals surface area contributed by atoms with Crippen LogP contribution in [0.5, 0.6) is 11.5 Å². The second-order valence-corrected chi connectivity index (χ2v) is 10.9. The number of nitrogens with zero attached hydrogens (tertiary/aromatic N) is 1. The highest BCUT2D eigenvalue weighted by molar-refractivity contribution is 7.85. The standard InChI is InChI=1S/C25H30N2O5S2.H2O/c1-4-34(29)18-12-10-16(11-13-18)23(32-17-8-6-5-7-9-17)24(28)27-25-26-19-14-20(30-2)21(31-3)15-22(19)33-25;/h10-15,17,23H,4-9H2,1-3H3,(H,26,27,28);1H2. The lowest BCUT2D eigenvalue weighted by molar-refractivity contribution is -0.133. The smallest absolute Gasteiger partial charge is 0.259 e. The van der Waals surface area contributed by atoms with Crippen LogP contribution in [0.3, 0.4) is 0 Å². The van der Waals surface area contributed by atoms with Crippen LogP contribution < -0.4 is 14.8 Å². The van der Waals surface area contributed by atoms with E-state index in [2.05, 4.69) is 10.3 Å². The van der Waals surface area contributed by atoms with Crippen LogP contribution in [-0.4, -0.2) is 46.7 Å². The van der Waals surface area contributed by atoms with E-state index in [4.69, 9.17) is 14.2 Å². The molecule has 2 atom stereocenters. The van der Waals surface area contributed by atoms with E-state index in [0.717, 1.165) is 40.8 Å². The van der Waals surface area contributed by atoms with E-state index in [-0.39, 0.29) is 17.5 Å². The molecule has 0 saturated heterocycles. The largest absolute Gasteiger partial charge is 0.493 e. The predicted molar refractivity (Wildman–Crippen MR) is 139 cm³/mol. The van der Waals surface area contributed by atoms with Crippen molar-refractivity contribution >= 4 is 43.4 Å². The number of nitrogens with one attached hydrogen (secondary N) is 1. The molecule has 3 N–H and O–H groups in total. The zero-order valence-corrected chi connectivity index (χ0v) is 21.8. The maximum absolute atomic E-state index is 13.4. The molecule has 0 bridgehead atoms. The highest BCUT2D eigenvalue weighted by Crippen LogP contribution is 2.37. The van der Waals surface area contributed by atoms with Crippen LogP contribution in [-0.2, 0) is 20.3 Å². The number of amides is 1. The number of thiazole rings is 1. The summed E-state index contributed by atoms with van der Waals surface area (Å²) in [5.41, 5.74) is 1.46. The Kier molecular flexibility index (Phi) is 9.62. The molecule has 1 amide bonds. The van der Waals surface area contributed by atoms with Crippen LogP contribution in [0.25, 0.3) is 10.2 Å². The van der Waals surface area contributed by atoms with Gasteiger partial charge in [-0.25, -0.2) is 4.98 Å². The van der Waals surface area contributed by atoms with E-state index >= 15 is 0 Å². The molecule has 1 aliphatic rings. The van der Waals surface area contributed by atoms with Crippen LogP contribution in [0.2, 0.25) is 0 Å². The fourth-order valence-corrected chi connectivity index (χ4v) is 5.78. The van der Waals surface area contributed by atoms with Crippen molar-refractivity contribution in [2.45, 2.75) is 56.1 Å². The molecular formula is C25H32N2O6S2. The van der Waals surface area contributed by atoms with Gasteiger partial charge >= 0.3 is 0 Å². The third-order valence-electron chi connectivity index (χ3n) is 5.95. The number of aromatic nitrogens is 1. The zero-order chi connectivity index (χ0) is 24.1. The van der Waals surface area contributed by atoms with Gasteiger partial charge < -0.3 is 19.7 Å². The van der Waals surface area contributed by atoms with Crippen molar-refractivity contribution in [2.24, 2.45) is 0 Å². The van der Waals surface area contributed by atoms with Gasteiger partial charge in [0.2, 0.25) is 0 Å². The van der Waals surface area contributed by atoms with Gasteiger partial charge in [-0.2, -0.15) is 0 Å². The molecule has 3 aromatic rings. The Hall–Kier alpha value is -2.53. The van der Waals surface area contributed by atoms with Crippen molar-refractivity contribution in [3.05, 3.63) is 42.0 Å². The first-order chi connectivity index (χ1) is 16.5. The van der Waals surface area contributed by atoms with Gasteiger partial charge in [0.1, 0.15) is 0 Å². The van der Waals surface area contributed by atoms with Gasteiger partial charge in [0.15, 0.2) is 22.7 Å². The van der Waals surface area contributed by atoms with Gasteiger partial charge in [0.25, 0.3) is 5.91 Å². The summed E-state index contributed by atoms with van der Waals surface area (Å²) in [7, 11) is 2.12. The molecule has 10 heteroatoms. The monoisotopic (exact) mass is 520 g/mol. The first-order valence-electron chi connectivity index (χ1n) is 11.5. The second-order valence-electron chi connectivity index (χ2n) is 8.16. The summed E-state index contributed by atoms with van der Waals surface area (Å²) in [6.07, 6.45) is 4.57. The molecule has 1 aromatic heterocycles. The van der Waals surface area contributed by atoms with Gasteiger partial charge in [0.05, 0.1) is 41.3 Å². The quantitative estimate of drug-likeness (QED) is 0.439. The summed E-state index contributed by atoms with van der Waals surface area (Å²) in [4.78, 5) is 18.7. The fraction of sp³-hybridized carbons (Fsp3) is 0.440. The number of methoxy groups -OCH3 is 2. The number of hydrogen-bond donors (Lipinski definition) is 1. The average molecular weight is 521 g/mol. The maximum Gasteiger partial charge on any atom is 0.259 e. The van der Waals surface area contributed by atoms with E-state index in [1.165, 1.54) is 17.8 Å². The summed E-state index contributed by atoms with van der Waals surface area (Å²) < 4.78 is 30.1. The molecule has 8 nitrogen and oxygen atoms in total. The molecule has 0 aliphatic heterocycles.